The van der Waals surface area contributed by atoms with E-state index in [0.29, 0.717) is 17.4 Å². The highest BCUT2D eigenvalue weighted by Gasteiger charge is 2.27. The molecule has 0 radical (unpaired) electrons. The first-order chi connectivity index (χ1) is 17.7. The lowest BCUT2D eigenvalue weighted by molar-refractivity contribution is -0.131. The van der Waals surface area contributed by atoms with Crippen molar-refractivity contribution in [1.82, 2.24) is 19.7 Å². The van der Waals surface area contributed by atoms with Gasteiger partial charge in [0.2, 0.25) is 5.88 Å². The molecule has 0 amide bonds. The van der Waals surface area contributed by atoms with Crippen molar-refractivity contribution in [1.29, 1.82) is 0 Å². The highest BCUT2D eigenvalue weighted by Crippen LogP contribution is 2.31. The Hall–Kier alpha value is -3.70. The van der Waals surface area contributed by atoms with Gasteiger partial charge in [-0.2, -0.15) is 18.2 Å². The number of imidazole rings is 1. The molecule has 194 valence electrons. The van der Waals surface area contributed by atoms with Gasteiger partial charge in [0, 0.05) is 24.2 Å². The predicted octanol–water partition coefficient (Wildman–Crippen LogP) is 5.74. The molecule has 5 rings (SSSR count). The van der Waals surface area contributed by atoms with Crippen molar-refractivity contribution in [3.8, 4) is 22.9 Å². The van der Waals surface area contributed by atoms with E-state index in [9.17, 15) is 22.7 Å². The minimum atomic E-state index is -4.34. The van der Waals surface area contributed by atoms with E-state index >= 15 is 0 Å². The van der Waals surface area contributed by atoms with Gasteiger partial charge in [-0.25, -0.2) is 9.37 Å². The van der Waals surface area contributed by atoms with Crippen LogP contribution in [0.4, 0.5) is 23.4 Å². The van der Waals surface area contributed by atoms with Crippen molar-refractivity contribution in [3.05, 3.63) is 71.8 Å². The number of anilines is 1. The van der Waals surface area contributed by atoms with E-state index in [2.05, 4.69) is 20.6 Å². The fourth-order valence-electron chi connectivity index (χ4n) is 4.03. The van der Waals surface area contributed by atoms with E-state index in [4.69, 9.17) is 4.74 Å². The number of ether oxygens (including phenoxy) is 1. The molecule has 1 atom stereocenters. The molecule has 0 bridgehead atoms. The lowest BCUT2D eigenvalue weighted by Gasteiger charge is -2.16. The Morgan fingerprint density at radius 1 is 1.19 bits per heavy atom. The SMILES string of the molecule is Cc1cc(-c2cnc3c(NCCC(F)(F)F)nc(Oc4cccc(F)c4)cn23)ccc1C(O)NC1CC1. The number of aliphatic hydroxyl groups is 1. The number of aliphatic hydroxyl groups excluding tert-OH is 1. The monoisotopic (exact) mass is 515 g/mol. The van der Waals surface area contributed by atoms with E-state index in [0.717, 1.165) is 29.5 Å². The Bertz CT molecular complexity index is 1420. The summed E-state index contributed by atoms with van der Waals surface area (Å²) in [5, 5.41) is 16.4. The third kappa shape index (κ3) is 6.00. The highest BCUT2D eigenvalue weighted by molar-refractivity contribution is 5.72. The van der Waals surface area contributed by atoms with Crippen LogP contribution >= 0.6 is 0 Å². The standard InChI is InChI=1S/C26H25F4N5O2/c1-15-11-16(5-8-20(15)25(36)33-18-6-7-18)21-13-32-24-23(31-10-9-26(28,29)30)34-22(14-35(21)24)37-19-4-2-3-17(27)12-19/h2-5,8,11-14,18,25,33,36H,6-7,9-10H2,1H3,(H,31,34). The number of hydrogen-bond donors (Lipinski definition) is 3. The van der Waals surface area contributed by atoms with Crippen LogP contribution in [0, 0.1) is 12.7 Å². The van der Waals surface area contributed by atoms with E-state index in [-0.39, 0.29) is 17.4 Å². The van der Waals surface area contributed by atoms with Gasteiger partial charge in [0.1, 0.15) is 17.8 Å². The molecular formula is C26H25F4N5O2. The average Bonchev–Trinajstić information content (AvgIpc) is 3.53. The van der Waals surface area contributed by atoms with Gasteiger partial charge < -0.3 is 15.2 Å². The number of aromatic nitrogens is 3. The van der Waals surface area contributed by atoms with Gasteiger partial charge >= 0.3 is 6.18 Å². The summed E-state index contributed by atoms with van der Waals surface area (Å²) in [6, 6.07) is 11.4. The third-order valence-electron chi connectivity index (χ3n) is 6.02. The molecule has 1 unspecified atom stereocenters. The van der Waals surface area contributed by atoms with Gasteiger partial charge in [-0.1, -0.05) is 18.2 Å². The normalized spacial score (nSPS) is 14.6. The average molecular weight is 516 g/mol. The lowest BCUT2D eigenvalue weighted by atomic mass is 10.0. The van der Waals surface area contributed by atoms with Crippen LogP contribution < -0.4 is 15.4 Å². The minimum absolute atomic E-state index is 0.0456. The number of benzene rings is 2. The summed E-state index contributed by atoms with van der Waals surface area (Å²) < 4.78 is 59.3. The molecule has 1 aliphatic rings. The van der Waals surface area contributed by atoms with Crippen molar-refractivity contribution in [2.75, 3.05) is 11.9 Å². The fourth-order valence-corrected chi connectivity index (χ4v) is 4.03. The largest absolute Gasteiger partial charge is 0.437 e. The number of rotatable bonds is 9. The molecule has 2 aromatic carbocycles. The van der Waals surface area contributed by atoms with Gasteiger partial charge in [0.05, 0.1) is 24.5 Å². The molecule has 11 heteroatoms. The van der Waals surface area contributed by atoms with E-state index in [1.54, 1.807) is 22.9 Å². The molecule has 0 saturated heterocycles. The molecule has 4 aromatic rings. The summed E-state index contributed by atoms with van der Waals surface area (Å²) in [6.07, 6.45) is -0.940. The number of aryl methyl sites for hydroxylation is 1. The maximum absolute atomic E-state index is 13.7. The second-order valence-corrected chi connectivity index (χ2v) is 9.03. The van der Waals surface area contributed by atoms with Crippen molar-refractivity contribution >= 4 is 11.5 Å². The maximum atomic E-state index is 13.7. The number of hydrogen-bond acceptors (Lipinski definition) is 6. The Labute approximate surface area is 210 Å². The summed E-state index contributed by atoms with van der Waals surface area (Å²) in [6.45, 7) is 1.49. The van der Waals surface area contributed by atoms with Crippen molar-refractivity contribution in [2.24, 2.45) is 0 Å². The molecule has 1 saturated carbocycles. The summed E-state index contributed by atoms with van der Waals surface area (Å²) in [5.41, 5.74) is 3.34. The zero-order valence-corrected chi connectivity index (χ0v) is 19.9. The van der Waals surface area contributed by atoms with Crippen LogP contribution in [0.5, 0.6) is 11.6 Å². The van der Waals surface area contributed by atoms with Crippen LogP contribution in [0.1, 0.15) is 36.6 Å². The van der Waals surface area contributed by atoms with Crippen LogP contribution in [0.15, 0.2) is 54.9 Å². The van der Waals surface area contributed by atoms with Crippen molar-refractivity contribution in [3.63, 3.8) is 0 Å². The predicted molar refractivity (Wildman–Crippen MR) is 130 cm³/mol. The van der Waals surface area contributed by atoms with Crippen LogP contribution in [0.2, 0.25) is 0 Å². The number of nitrogens with one attached hydrogen (secondary N) is 2. The Balaban J connectivity index is 1.50. The number of halogens is 4. The minimum Gasteiger partial charge on any atom is -0.437 e. The summed E-state index contributed by atoms with van der Waals surface area (Å²) in [5.74, 6) is -0.169. The van der Waals surface area contributed by atoms with Crippen LogP contribution in [-0.2, 0) is 0 Å². The summed E-state index contributed by atoms with van der Waals surface area (Å²) in [4.78, 5) is 8.68. The zero-order chi connectivity index (χ0) is 26.2. The van der Waals surface area contributed by atoms with Crippen LogP contribution in [0.25, 0.3) is 16.9 Å². The first-order valence-electron chi connectivity index (χ1n) is 11.8. The molecule has 0 spiro atoms. The van der Waals surface area contributed by atoms with Gasteiger partial charge in [0.15, 0.2) is 11.5 Å². The Kier molecular flexibility index (Phi) is 6.74. The van der Waals surface area contributed by atoms with E-state index in [1.165, 1.54) is 18.2 Å². The second-order valence-electron chi connectivity index (χ2n) is 9.03. The Morgan fingerprint density at radius 2 is 2.00 bits per heavy atom. The smallest absolute Gasteiger partial charge is 0.390 e. The Morgan fingerprint density at radius 3 is 2.70 bits per heavy atom. The molecule has 2 heterocycles. The van der Waals surface area contributed by atoms with Gasteiger partial charge in [-0.3, -0.25) is 9.72 Å². The first-order valence-corrected chi connectivity index (χ1v) is 11.8. The number of fused-ring (bicyclic) bond motifs is 1. The number of nitrogens with zero attached hydrogens (tertiary/aromatic N) is 3. The lowest BCUT2D eigenvalue weighted by Crippen LogP contribution is -2.23. The zero-order valence-electron chi connectivity index (χ0n) is 19.9. The summed E-state index contributed by atoms with van der Waals surface area (Å²) in [7, 11) is 0. The quantitative estimate of drug-likeness (QED) is 0.195. The molecular weight excluding hydrogens is 490 g/mol. The highest BCUT2D eigenvalue weighted by atomic mass is 19.4. The van der Waals surface area contributed by atoms with Gasteiger partial charge in [0.25, 0.3) is 0 Å². The topological polar surface area (TPSA) is 83.7 Å². The van der Waals surface area contributed by atoms with Gasteiger partial charge in [-0.05, 0) is 49.1 Å². The van der Waals surface area contributed by atoms with Crippen LogP contribution in [0.3, 0.4) is 0 Å². The fraction of sp³-hybridized carbons (Fsp3) is 0.308. The number of alkyl halides is 3. The van der Waals surface area contributed by atoms with E-state index < -0.39 is 31.2 Å². The van der Waals surface area contributed by atoms with Crippen molar-refractivity contribution in [2.45, 2.75) is 44.6 Å². The molecule has 1 fully saturated rings. The van der Waals surface area contributed by atoms with E-state index in [1.807, 2.05) is 25.1 Å². The molecule has 0 aliphatic heterocycles. The molecule has 2 aromatic heterocycles. The molecule has 1 aliphatic carbocycles. The molecule has 7 nitrogen and oxygen atoms in total. The third-order valence-corrected chi connectivity index (χ3v) is 6.02. The molecule has 37 heavy (non-hydrogen) atoms. The molecule has 3 N–H and O–H groups in total. The van der Waals surface area contributed by atoms with Crippen molar-refractivity contribution < 1.29 is 27.4 Å². The second kappa shape index (κ2) is 9.98. The van der Waals surface area contributed by atoms with Gasteiger partial charge in [-0.15, -0.1) is 0 Å². The maximum Gasteiger partial charge on any atom is 0.390 e. The first kappa shape index (κ1) is 25.0. The summed E-state index contributed by atoms with van der Waals surface area (Å²) >= 11 is 0. The van der Waals surface area contributed by atoms with Crippen LogP contribution in [-0.4, -0.2) is 38.2 Å².